The third-order valence-electron chi connectivity index (χ3n) is 12.1. The second-order valence-corrected chi connectivity index (χ2v) is 13.2. The van der Waals surface area contributed by atoms with Crippen LogP contribution in [0.2, 0.25) is 0 Å². The number of nitrogens with one attached hydrogen (secondary N) is 2. The van der Waals surface area contributed by atoms with E-state index in [4.69, 9.17) is 0 Å². The van der Waals surface area contributed by atoms with Gasteiger partial charge >= 0.3 is 0 Å². The van der Waals surface area contributed by atoms with E-state index in [0.29, 0.717) is 16.2 Å². The van der Waals surface area contributed by atoms with Gasteiger partial charge in [0.15, 0.2) is 0 Å². The smallest absolute Gasteiger partial charge is 0.0269 e. The molecule has 0 spiro atoms. The Balaban J connectivity index is 1.54. The van der Waals surface area contributed by atoms with Gasteiger partial charge in [-0.1, -0.05) is 67.4 Å². The van der Waals surface area contributed by atoms with Gasteiger partial charge in [0, 0.05) is 18.8 Å². The number of hydrogen-bond acceptors (Lipinski definition) is 2. The molecule has 0 aromatic rings. The molecule has 2 N–H and O–H groups in total. The fourth-order valence-corrected chi connectivity index (χ4v) is 10.4. The summed E-state index contributed by atoms with van der Waals surface area (Å²) in [4.78, 5) is 0. The summed E-state index contributed by atoms with van der Waals surface area (Å²) in [6, 6.07) is 0. The van der Waals surface area contributed by atoms with E-state index in [2.05, 4.69) is 58.8 Å². The van der Waals surface area contributed by atoms with Crippen molar-refractivity contribution >= 4 is 0 Å². The van der Waals surface area contributed by atoms with E-state index in [1.165, 1.54) is 69.9 Å². The maximum atomic E-state index is 4.48. The summed E-state index contributed by atoms with van der Waals surface area (Å²) in [7, 11) is 0. The van der Waals surface area contributed by atoms with Crippen LogP contribution in [0.4, 0.5) is 0 Å². The fraction of sp³-hybridized carbons (Fsp3) is 0.933. The molecule has 0 heterocycles. The highest BCUT2D eigenvalue weighted by Gasteiger charge is 2.67. The van der Waals surface area contributed by atoms with E-state index in [0.717, 1.165) is 55.1 Å². The van der Waals surface area contributed by atoms with Crippen molar-refractivity contribution in [2.75, 3.05) is 19.6 Å². The van der Waals surface area contributed by atoms with Gasteiger partial charge in [-0.15, -0.1) is 0 Å². The molecule has 32 heavy (non-hydrogen) atoms. The second kappa shape index (κ2) is 9.27. The van der Waals surface area contributed by atoms with E-state index in [1.807, 2.05) is 0 Å². The summed E-state index contributed by atoms with van der Waals surface area (Å²) in [5.41, 5.74) is 2.93. The van der Waals surface area contributed by atoms with Crippen LogP contribution in [0.25, 0.3) is 0 Å². The third-order valence-corrected chi connectivity index (χ3v) is 12.1. The minimum absolute atomic E-state index is 0.514. The molecular weight excluding hydrogens is 388 g/mol. The van der Waals surface area contributed by atoms with Crippen molar-refractivity contribution in [3.63, 3.8) is 0 Å². The van der Waals surface area contributed by atoms with Crippen LogP contribution in [0.3, 0.4) is 0 Å². The van der Waals surface area contributed by atoms with Crippen LogP contribution in [-0.2, 0) is 0 Å². The summed E-state index contributed by atoms with van der Waals surface area (Å²) in [5.74, 6) is 5.47. The Kier molecular flexibility index (Phi) is 7.13. The lowest BCUT2D eigenvalue weighted by Gasteiger charge is -2.68. The fourth-order valence-electron chi connectivity index (χ4n) is 10.4. The van der Waals surface area contributed by atoms with Crippen LogP contribution < -0.4 is 10.6 Å². The third kappa shape index (κ3) is 3.79. The lowest BCUT2D eigenvalue weighted by molar-refractivity contribution is -0.189. The predicted molar refractivity (Wildman–Crippen MR) is 138 cm³/mol. The molecule has 0 aromatic heterocycles. The molecule has 4 aliphatic rings. The van der Waals surface area contributed by atoms with Crippen LogP contribution >= 0.6 is 0 Å². The summed E-state index contributed by atoms with van der Waals surface area (Å²) < 4.78 is 0. The van der Waals surface area contributed by atoms with Gasteiger partial charge in [-0.2, -0.15) is 0 Å². The van der Waals surface area contributed by atoms with Crippen LogP contribution in [0.15, 0.2) is 12.3 Å². The number of hydrogen-bond donors (Lipinski definition) is 2. The van der Waals surface area contributed by atoms with Crippen molar-refractivity contribution in [1.29, 1.82) is 0 Å². The van der Waals surface area contributed by atoms with Gasteiger partial charge in [0.2, 0.25) is 0 Å². The van der Waals surface area contributed by atoms with Crippen molar-refractivity contribution < 1.29 is 0 Å². The van der Waals surface area contributed by atoms with Gasteiger partial charge in [-0.05, 0) is 103 Å². The van der Waals surface area contributed by atoms with E-state index in [1.54, 1.807) is 0 Å². The zero-order valence-corrected chi connectivity index (χ0v) is 22.4. The average molecular weight is 443 g/mol. The van der Waals surface area contributed by atoms with E-state index < -0.39 is 0 Å². The molecule has 9 atom stereocenters. The molecule has 4 rings (SSSR count). The number of fused-ring (bicyclic) bond motifs is 5. The van der Waals surface area contributed by atoms with Crippen LogP contribution in [0.1, 0.15) is 106 Å². The maximum Gasteiger partial charge on any atom is 0.0269 e. The van der Waals surface area contributed by atoms with Crippen molar-refractivity contribution in [3.05, 3.63) is 12.3 Å². The van der Waals surface area contributed by atoms with Gasteiger partial charge in [0.1, 0.15) is 0 Å². The van der Waals surface area contributed by atoms with Crippen molar-refractivity contribution in [3.8, 4) is 0 Å². The first-order valence-corrected chi connectivity index (χ1v) is 14.3. The molecule has 2 heteroatoms. The Bertz CT molecular complexity index is 672. The van der Waals surface area contributed by atoms with Crippen molar-refractivity contribution in [2.24, 2.45) is 51.8 Å². The highest BCUT2D eigenvalue weighted by atomic mass is 14.9. The second-order valence-electron chi connectivity index (χ2n) is 13.2. The number of likely N-dealkylation sites (N-methyl/N-ethyl adjacent to an activating group) is 1. The van der Waals surface area contributed by atoms with Crippen molar-refractivity contribution in [2.45, 2.75) is 106 Å². The lowest BCUT2D eigenvalue weighted by Crippen LogP contribution is -2.60. The highest BCUT2D eigenvalue weighted by Crippen LogP contribution is 2.75. The Hall–Kier alpha value is -0.500. The Morgan fingerprint density at radius 2 is 1.72 bits per heavy atom. The molecule has 0 amide bonds. The maximum absolute atomic E-state index is 4.48. The molecule has 4 fully saturated rings. The standard InChI is InChI=1S/C30H54N2/c1-8-23-20-30(7)26(24(23)19-22(4)32-18-17-31-9-2)12-13-27-28(5)15-10-11-21(3)25(28)14-16-29(27,30)6/h21,23-27,31-32H,4,8-20H2,1-3,5-7H3/t21-,23?,24?,25?,26?,27?,28?,29+,30?/m1/s1. The van der Waals surface area contributed by atoms with Gasteiger partial charge in [-0.3, -0.25) is 0 Å². The first-order chi connectivity index (χ1) is 15.2. The van der Waals surface area contributed by atoms with Crippen LogP contribution in [0.5, 0.6) is 0 Å². The Morgan fingerprint density at radius 3 is 2.44 bits per heavy atom. The largest absolute Gasteiger partial charge is 0.388 e. The molecule has 0 aromatic carbocycles. The summed E-state index contributed by atoms with van der Waals surface area (Å²) in [6.07, 6.45) is 14.4. The Labute approximate surface area is 200 Å². The topological polar surface area (TPSA) is 24.1 Å². The zero-order valence-electron chi connectivity index (χ0n) is 22.4. The van der Waals surface area contributed by atoms with Crippen LogP contribution in [-0.4, -0.2) is 19.6 Å². The summed E-state index contributed by atoms with van der Waals surface area (Å²) >= 11 is 0. The molecule has 0 aliphatic heterocycles. The predicted octanol–water partition coefficient (Wildman–Crippen LogP) is 7.41. The minimum Gasteiger partial charge on any atom is -0.388 e. The molecule has 184 valence electrons. The Morgan fingerprint density at radius 1 is 0.938 bits per heavy atom. The SMILES string of the molecule is C=C(CC1C(CC)CC2(C)C1CCC1C3(C)CCC[C@@H](C)C3CC[C@@]12C)NCCNCC. The first-order valence-electron chi connectivity index (χ1n) is 14.3. The monoisotopic (exact) mass is 442 g/mol. The molecule has 0 bridgehead atoms. The van der Waals surface area contributed by atoms with E-state index >= 15 is 0 Å². The molecule has 0 saturated heterocycles. The van der Waals surface area contributed by atoms with Gasteiger partial charge in [0.25, 0.3) is 0 Å². The summed E-state index contributed by atoms with van der Waals surface area (Å²) in [5, 5.41) is 7.08. The number of allylic oxidation sites excluding steroid dienone is 1. The molecule has 4 saturated carbocycles. The highest BCUT2D eigenvalue weighted by molar-refractivity contribution is 5.17. The lowest BCUT2D eigenvalue weighted by atomic mass is 9.37. The summed E-state index contributed by atoms with van der Waals surface area (Å²) in [6.45, 7) is 23.0. The van der Waals surface area contributed by atoms with E-state index in [-0.39, 0.29) is 0 Å². The first kappa shape index (κ1) is 24.6. The van der Waals surface area contributed by atoms with Gasteiger partial charge in [0.05, 0.1) is 0 Å². The van der Waals surface area contributed by atoms with E-state index in [9.17, 15) is 0 Å². The van der Waals surface area contributed by atoms with Gasteiger partial charge in [-0.25, -0.2) is 0 Å². The minimum atomic E-state index is 0.514. The zero-order chi connectivity index (χ0) is 23.1. The number of rotatable bonds is 8. The van der Waals surface area contributed by atoms with Gasteiger partial charge < -0.3 is 10.6 Å². The molecule has 7 unspecified atom stereocenters. The molecular formula is C30H54N2. The molecule has 4 aliphatic carbocycles. The average Bonchev–Trinajstić information content (AvgIpc) is 3.03. The normalized spacial score (nSPS) is 47.9. The van der Waals surface area contributed by atoms with Crippen molar-refractivity contribution in [1.82, 2.24) is 10.6 Å². The molecule has 2 nitrogen and oxygen atoms in total. The van der Waals surface area contributed by atoms with Crippen LogP contribution in [0, 0.1) is 51.8 Å². The molecule has 0 radical (unpaired) electrons. The quantitative estimate of drug-likeness (QED) is 0.382.